The highest BCUT2D eigenvalue weighted by Gasteiger charge is 2.17. The zero-order valence-electron chi connectivity index (χ0n) is 9.36. The molecule has 0 aliphatic carbocycles. The molecule has 1 aromatic heterocycles. The second-order valence-electron chi connectivity index (χ2n) is 3.28. The van der Waals surface area contributed by atoms with Gasteiger partial charge in [0.25, 0.3) is 0 Å². The summed E-state index contributed by atoms with van der Waals surface area (Å²) in [5, 5.41) is 3.07. The molecule has 5 heteroatoms. The van der Waals surface area contributed by atoms with E-state index in [4.69, 9.17) is 4.74 Å². The van der Waals surface area contributed by atoms with Gasteiger partial charge >= 0.3 is 5.97 Å². The fraction of sp³-hybridized carbons (Fsp3) is 0.600. The molecule has 1 N–H and O–H groups in total. The number of ether oxygens (including phenoxy) is 1. The van der Waals surface area contributed by atoms with Gasteiger partial charge < -0.3 is 14.6 Å². The van der Waals surface area contributed by atoms with Gasteiger partial charge in [0.05, 0.1) is 31.1 Å². The van der Waals surface area contributed by atoms with Crippen molar-refractivity contribution in [1.82, 2.24) is 14.9 Å². The summed E-state index contributed by atoms with van der Waals surface area (Å²) in [5.74, 6) is -0.196. The first-order valence-electron chi connectivity index (χ1n) is 4.98. The number of aryl methyl sites for hydroxylation is 1. The molecule has 0 aromatic carbocycles. The van der Waals surface area contributed by atoms with Gasteiger partial charge in [0, 0.05) is 13.2 Å². The van der Waals surface area contributed by atoms with E-state index in [9.17, 15) is 4.79 Å². The molecule has 0 bridgehead atoms. The van der Waals surface area contributed by atoms with Crippen molar-refractivity contribution >= 4 is 5.97 Å². The van der Waals surface area contributed by atoms with E-state index in [-0.39, 0.29) is 12.0 Å². The molecule has 1 atom stereocenters. The highest BCUT2D eigenvalue weighted by atomic mass is 16.5. The highest BCUT2D eigenvalue weighted by Crippen LogP contribution is 2.15. The van der Waals surface area contributed by atoms with Gasteiger partial charge in [0.2, 0.25) is 0 Å². The van der Waals surface area contributed by atoms with Crippen LogP contribution in [0.2, 0.25) is 0 Å². The van der Waals surface area contributed by atoms with Crippen LogP contribution < -0.4 is 5.32 Å². The summed E-state index contributed by atoms with van der Waals surface area (Å²) in [6.45, 7) is 2.22. The van der Waals surface area contributed by atoms with Crippen molar-refractivity contribution in [1.29, 1.82) is 0 Å². The average Bonchev–Trinajstić information content (AvgIpc) is 2.61. The molecule has 1 rings (SSSR count). The van der Waals surface area contributed by atoms with Crippen LogP contribution in [0.25, 0.3) is 0 Å². The van der Waals surface area contributed by atoms with Crippen LogP contribution in [0.3, 0.4) is 0 Å². The minimum atomic E-state index is -0.196. The van der Waals surface area contributed by atoms with Crippen LogP contribution in [0.5, 0.6) is 0 Å². The predicted molar refractivity (Wildman–Crippen MR) is 56.3 cm³/mol. The van der Waals surface area contributed by atoms with Gasteiger partial charge in [0.15, 0.2) is 0 Å². The Labute approximate surface area is 89.4 Å². The summed E-state index contributed by atoms with van der Waals surface area (Å²) in [7, 11) is 3.72. The molecule has 84 valence electrons. The lowest BCUT2D eigenvalue weighted by Gasteiger charge is -2.15. The molecule has 0 amide bonds. The van der Waals surface area contributed by atoms with Gasteiger partial charge in [0.1, 0.15) is 0 Å². The number of esters is 1. The van der Waals surface area contributed by atoms with Gasteiger partial charge in [-0.25, -0.2) is 4.98 Å². The van der Waals surface area contributed by atoms with Crippen LogP contribution >= 0.6 is 0 Å². The van der Waals surface area contributed by atoms with Crippen molar-refractivity contribution in [2.24, 2.45) is 7.05 Å². The molecule has 0 aliphatic rings. The van der Waals surface area contributed by atoms with E-state index in [1.165, 1.54) is 0 Å². The van der Waals surface area contributed by atoms with Gasteiger partial charge in [-0.15, -0.1) is 0 Å². The van der Waals surface area contributed by atoms with Crippen molar-refractivity contribution in [3.63, 3.8) is 0 Å². The topological polar surface area (TPSA) is 56.1 Å². The Hall–Kier alpha value is -1.36. The Morgan fingerprint density at radius 2 is 2.47 bits per heavy atom. The average molecular weight is 211 g/mol. The smallest absolute Gasteiger partial charge is 0.307 e. The number of rotatable bonds is 5. The second-order valence-corrected chi connectivity index (χ2v) is 3.28. The summed E-state index contributed by atoms with van der Waals surface area (Å²) in [5.41, 5.74) is 0.977. The standard InChI is InChI=1S/C10H17N3O2/c1-4-15-10(14)5-8(11-2)9-6-12-7-13(9)3/h6-8,11H,4-5H2,1-3H3. The third-order valence-corrected chi connectivity index (χ3v) is 2.24. The molecule has 1 unspecified atom stereocenters. The van der Waals surface area contributed by atoms with E-state index >= 15 is 0 Å². The zero-order chi connectivity index (χ0) is 11.3. The number of carbonyl (C=O) groups is 1. The summed E-state index contributed by atoms with van der Waals surface area (Å²) >= 11 is 0. The fourth-order valence-electron chi connectivity index (χ4n) is 1.44. The Morgan fingerprint density at radius 3 is 2.93 bits per heavy atom. The number of hydrogen-bond acceptors (Lipinski definition) is 4. The van der Waals surface area contributed by atoms with Gasteiger partial charge in [-0.05, 0) is 14.0 Å². The van der Waals surface area contributed by atoms with Gasteiger partial charge in [-0.1, -0.05) is 0 Å². The first-order chi connectivity index (χ1) is 7.19. The number of carbonyl (C=O) groups excluding carboxylic acids is 1. The molecular formula is C10H17N3O2. The van der Waals surface area contributed by atoms with Crippen LogP contribution in [0, 0.1) is 0 Å². The Morgan fingerprint density at radius 1 is 1.73 bits per heavy atom. The molecule has 0 radical (unpaired) electrons. The molecule has 15 heavy (non-hydrogen) atoms. The predicted octanol–water partition coefficient (Wildman–Crippen LogP) is 0.634. The Kier molecular flexibility index (Phi) is 4.30. The summed E-state index contributed by atoms with van der Waals surface area (Å²) in [6, 6.07) is -0.0449. The van der Waals surface area contributed by atoms with Crippen LogP contribution in [0.4, 0.5) is 0 Å². The quantitative estimate of drug-likeness (QED) is 0.726. The first-order valence-corrected chi connectivity index (χ1v) is 4.98. The van der Waals surface area contributed by atoms with E-state index in [0.29, 0.717) is 13.0 Å². The molecular weight excluding hydrogens is 194 g/mol. The Bertz CT molecular complexity index is 322. The molecule has 0 aliphatic heterocycles. The molecule has 1 aromatic rings. The van der Waals surface area contributed by atoms with Crippen LogP contribution in [-0.4, -0.2) is 29.2 Å². The zero-order valence-corrected chi connectivity index (χ0v) is 9.36. The number of nitrogens with zero attached hydrogens (tertiary/aromatic N) is 2. The summed E-state index contributed by atoms with van der Waals surface area (Å²) in [6.07, 6.45) is 3.79. The van der Waals surface area contributed by atoms with Crippen molar-refractivity contribution in [3.8, 4) is 0 Å². The molecule has 0 fully saturated rings. The van der Waals surface area contributed by atoms with E-state index in [1.54, 1.807) is 19.4 Å². The van der Waals surface area contributed by atoms with E-state index < -0.39 is 0 Å². The maximum atomic E-state index is 11.3. The van der Waals surface area contributed by atoms with Crippen molar-refractivity contribution < 1.29 is 9.53 Å². The maximum absolute atomic E-state index is 11.3. The van der Waals surface area contributed by atoms with Gasteiger partial charge in [-0.2, -0.15) is 0 Å². The summed E-state index contributed by atoms with van der Waals surface area (Å²) < 4.78 is 6.79. The van der Waals surface area contributed by atoms with Crippen molar-refractivity contribution in [2.45, 2.75) is 19.4 Å². The first kappa shape index (κ1) is 11.7. The van der Waals surface area contributed by atoms with Crippen LogP contribution in [0.1, 0.15) is 25.1 Å². The lowest BCUT2D eigenvalue weighted by atomic mass is 10.1. The van der Waals surface area contributed by atoms with E-state index in [1.807, 2.05) is 18.7 Å². The third-order valence-electron chi connectivity index (χ3n) is 2.24. The molecule has 5 nitrogen and oxygen atoms in total. The lowest BCUT2D eigenvalue weighted by molar-refractivity contribution is -0.143. The maximum Gasteiger partial charge on any atom is 0.307 e. The highest BCUT2D eigenvalue weighted by molar-refractivity contribution is 5.70. The third kappa shape index (κ3) is 3.06. The number of imidazole rings is 1. The molecule has 1 heterocycles. The molecule has 0 spiro atoms. The SMILES string of the molecule is CCOC(=O)CC(NC)c1cncn1C. The minimum Gasteiger partial charge on any atom is -0.466 e. The molecule has 0 saturated heterocycles. The van der Waals surface area contributed by atoms with E-state index in [0.717, 1.165) is 5.69 Å². The normalized spacial score (nSPS) is 12.5. The monoisotopic (exact) mass is 211 g/mol. The van der Waals surface area contributed by atoms with Crippen LogP contribution in [-0.2, 0) is 16.6 Å². The number of aromatic nitrogens is 2. The van der Waals surface area contributed by atoms with Gasteiger partial charge in [-0.3, -0.25) is 4.79 Å². The van der Waals surface area contributed by atoms with Crippen molar-refractivity contribution in [2.75, 3.05) is 13.7 Å². The largest absolute Gasteiger partial charge is 0.466 e. The fourth-order valence-corrected chi connectivity index (χ4v) is 1.44. The lowest BCUT2D eigenvalue weighted by Crippen LogP contribution is -2.23. The number of nitrogens with one attached hydrogen (secondary N) is 1. The summed E-state index contributed by atoms with van der Waals surface area (Å²) in [4.78, 5) is 15.3. The minimum absolute atomic E-state index is 0.0449. The van der Waals surface area contributed by atoms with Crippen LogP contribution in [0.15, 0.2) is 12.5 Å². The molecule has 0 saturated carbocycles. The second kappa shape index (κ2) is 5.50. The Balaban J connectivity index is 2.64. The van der Waals surface area contributed by atoms with E-state index in [2.05, 4.69) is 10.3 Å². The van der Waals surface area contributed by atoms with Crippen molar-refractivity contribution in [3.05, 3.63) is 18.2 Å². The number of hydrogen-bond donors (Lipinski definition) is 1.